The summed E-state index contributed by atoms with van der Waals surface area (Å²) in [5.41, 5.74) is 0.689. The van der Waals surface area contributed by atoms with Crippen LogP contribution in [0.5, 0.6) is 0 Å². The minimum absolute atomic E-state index is 0.101. The number of likely N-dealkylation sites (N-methyl/N-ethyl adjacent to an activating group) is 1. The van der Waals surface area contributed by atoms with Crippen LogP contribution in [0.1, 0.15) is 18.4 Å². The van der Waals surface area contributed by atoms with Gasteiger partial charge in [0.25, 0.3) is 0 Å². The normalized spacial score (nSPS) is 11.8. The smallest absolute Gasteiger partial charge is 0.312 e. The van der Waals surface area contributed by atoms with Crippen molar-refractivity contribution in [3.63, 3.8) is 0 Å². The van der Waals surface area contributed by atoms with Gasteiger partial charge in [0, 0.05) is 6.54 Å². The van der Waals surface area contributed by atoms with Crippen LogP contribution in [-0.4, -0.2) is 36.6 Å². The first kappa shape index (κ1) is 14.2. The fourth-order valence-corrected chi connectivity index (χ4v) is 1.55. The molecule has 0 aliphatic heterocycles. The van der Waals surface area contributed by atoms with Crippen LogP contribution < -0.4 is 10.6 Å². The van der Waals surface area contributed by atoms with Gasteiger partial charge < -0.3 is 15.7 Å². The number of nitrogens with one attached hydrogen (secondary N) is 2. The number of carboxylic acid groups (broad SMARTS) is 1. The number of rotatable bonds is 7. The van der Waals surface area contributed by atoms with Gasteiger partial charge in [-0.25, -0.2) is 0 Å². The molecule has 0 aromatic heterocycles. The van der Waals surface area contributed by atoms with Crippen LogP contribution in [-0.2, 0) is 9.59 Å². The van der Waals surface area contributed by atoms with Crippen molar-refractivity contribution >= 4 is 11.9 Å². The molecule has 0 radical (unpaired) electrons. The Kier molecular flexibility index (Phi) is 5.87. The van der Waals surface area contributed by atoms with Gasteiger partial charge in [-0.05, 0) is 12.1 Å². The molecule has 18 heavy (non-hydrogen) atoms. The minimum Gasteiger partial charge on any atom is -0.481 e. The lowest BCUT2D eigenvalue weighted by Gasteiger charge is -2.13. The number of carbonyl (C=O) groups is 2. The second-order valence-electron chi connectivity index (χ2n) is 3.89. The number of carbonyl (C=O) groups excluding carboxylic acids is 1. The standard InChI is InChI=1S/C13H18N2O3/c1-2-14-9-12(16)15-8-11(13(17)18)10-6-4-3-5-7-10/h3-7,11,14H,2,8-9H2,1H3,(H,15,16)(H,17,18). The van der Waals surface area contributed by atoms with Gasteiger partial charge in [-0.3, -0.25) is 9.59 Å². The molecule has 1 atom stereocenters. The molecule has 5 nitrogen and oxygen atoms in total. The van der Waals surface area contributed by atoms with E-state index in [0.717, 1.165) is 0 Å². The molecule has 0 saturated heterocycles. The summed E-state index contributed by atoms with van der Waals surface area (Å²) in [4.78, 5) is 22.6. The average molecular weight is 250 g/mol. The molecule has 0 bridgehead atoms. The molecule has 1 rings (SSSR count). The van der Waals surface area contributed by atoms with E-state index in [-0.39, 0.29) is 19.0 Å². The number of carboxylic acids is 1. The molecule has 98 valence electrons. The summed E-state index contributed by atoms with van der Waals surface area (Å²) in [5.74, 6) is -1.85. The van der Waals surface area contributed by atoms with Gasteiger partial charge in [0.1, 0.15) is 0 Å². The quantitative estimate of drug-likeness (QED) is 0.661. The van der Waals surface area contributed by atoms with Crippen LogP contribution in [0.2, 0.25) is 0 Å². The van der Waals surface area contributed by atoms with Crippen molar-refractivity contribution < 1.29 is 14.7 Å². The number of benzene rings is 1. The van der Waals surface area contributed by atoms with Gasteiger partial charge in [0.05, 0.1) is 12.5 Å². The van der Waals surface area contributed by atoms with Crippen LogP contribution in [0.25, 0.3) is 0 Å². The van der Waals surface area contributed by atoms with E-state index in [2.05, 4.69) is 10.6 Å². The highest BCUT2D eigenvalue weighted by atomic mass is 16.4. The van der Waals surface area contributed by atoms with E-state index >= 15 is 0 Å². The van der Waals surface area contributed by atoms with E-state index in [0.29, 0.717) is 12.1 Å². The highest BCUT2D eigenvalue weighted by Crippen LogP contribution is 2.14. The second kappa shape index (κ2) is 7.45. The highest BCUT2D eigenvalue weighted by molar-refractivity contribution is 5.80. The van der Waals surface area contributed by atoms with Crippen molar-refractivity contribution in [1.29, 1.82) is 0 Å². The molecule has 0 aliphatic carbocycles. The van der Waals surface area contributed by atoms with Gasteiger partial charge in [-0.2, -0.15) is 0 Å². The van der Waals surface area contributed by atoms with Crippen LogP contribution in [0.4, 0.5) is 0 Å². The minimum atomic E-state index is -0.940. The number of hydrogen-bond acceptors (Lipinski definition) is 3. The van der Waals surface area contributed by atoms with E-state index in [1.165, 1.54) is 0 Å². The Morgan fingerprint density at radius 3 is 2.50 bits per heavy atom. The third kappa shape index (κ3) is 4.55. The Bertz CT molecular complexity index is 392. The van der Waals surface area contributed by atoms with E-state index < -0.39 is 11.9 Å². The van der Waals surface area contributed by atoms with E-state index in [9.17, 15) is 9.59 Å². The summed E-state index contributed by atoms with van der Waals surface area (Å²) in [5, 5.41) is 14.6. The molecular weight excluding hydrogens is 232 g/mol. The summed E-state index contributed by atoms with van der Waals surface area (Å²) in [6.07, 6.45) is 0. The maximum Gasteiger partial charge on any atom is 0.312 e. The molecule has 0 aliphatic rings. The zero-order valence-corrected chi connectivity index (χ0v) is 10.3. The topological polar surface area (TPSA) is 78.4 Å². The predicted octanol–water partition coefficient (Wildman–Crippen LogP) is 0.581. The number of aliphatic carboxylic acids is 1. The lowest BCUT2D eigenvalue weighted by molar-refractivity contribution is -0.138. The van der Waals surface area contributed by atoms with E-state index in [1.54, 1.807) is 24.3 Å². The molecule has 0 heterocycles. The van der Waals surface area contributed by atoms with E-state index in [4.69, 9.17) is 5.11 Å². The number of hydrogen-bond donors (Lipinski definition) is 3. The highest BCUT2D eigenvalue weighted by Gasteiger charge is 2.19. The van der Waals surface area contributed by atoms with Gasteiger partial charge >= 0.3 is 5.97 Å². The van der Waals surface area contributed by atoms with Crippen molar-refractivity contribution in [1.82, 2.24) is 10.6 Å². The Morgan fingerprint density at radius 1 is 1.28 bits per heavy atom. The fraction of sp³-hybridized carbons (Fsp3) is 0.385. The van der Waals surface area contributed by atoms with Crippen LogP contribution >= 0.6 is 0 Å². The maximum atomic E-state index is 11.4. The van der Waals surface area contributed by atoms with Crippen LogP contribution in [0.3, 0.4) is 0 Å². The van der Waals surface area contributed by atoms with Gasteiger partial charge in [0.15, 0.2) is 0 Å². The third-order valence-electron chi connectivity index (χ3n) is 2.54. The van der Waals surface area contributed by atoms with Crippen molar-refractivity contribution in [2.24, 2.45) is 0 Å². The monoisotopic (exact) mass is 250 g/mol. The molecule has 0 saturated carbocycles. The zero-order valence-electron chi connectivity index (χ0n) is 10.3. The molecule has 5 heteroatoms. The summed E-state index contributed by atoms with van der Waals surface area (Å²) in [7, 11) is 0. The van der Waals surface area contributed by atoms with Crippen molar-refractivity contribution in [2.45, 2.75) is 12.8 Å². The van der Waals surface area contributed by atoms with Gasteiger partial charge in [0.2, 0.25) is 5.91 Å². The SMILES string of the molecule is CCNCC(=O)NCC(C(=O)O)c1ccccc1. The zero-order chi connectivity index (χ0) is 13.4. The molecule has 1 amide bonds. The second-order valence-corrected chi connectivity index (χ2v) is 3.89. The summed E-state index contributed by atoms with van der Waals surface area (Å²) >= 11 is 0. The maximum absolute atomic E-state index is 11.4. The Labute approximate surface area is 106 Å². The third-order valence-corrected chi connectivity index (χ3v) is 2.54. The average Bonchev–Trinajstić information content (AvgIpc) is 2.37. The lowest BCUT2D eigenvalue weighted by Crippen LogP contribution is -2.37. The van der Waals surface area contributed by atoms with Crippen molar-refractivity contribution in [3.8, 4) is 0 Å². The lowest BCUT2D eigenvalue weighted by atomic mass is 9.99. The molecule has 1 aromatic carbocycles. The molecule has 1 unspecified atom stereocenters. The Morgan fingerprint density at radius 2 is 1.94 bits per heavy atom. The van der Waals surface area contributed by atoms with Crippen LogP contribution in [0.15, 0.2) is 30.3 Å². The summed E-state index contributed by atoms with van der Waals surface area (Å²) < 4.78 is 0. The first-order valence-corrected chi connectivity index (χ1v) is 5.90. The van der Waals surface area contributed by atoms with Gasteiger partial charge in [-0.15, -0.1) is 0 Å². The Hall–Kier alpha value is -1.88. The fourth-order valence-electron chi connectivity index (χ4n) is 1.55. The predicted molar refractivity (Wildman–Crippen MR) is 68.4 cm³/mol. The molecule has 0 spiro atoms. The summed E-state index contributed by atoms with van der Waals surface area (Å²) in [6.45, 7) is 2.91. The van der Waals surface area contributed by atoms with Crippen molar-refractivity contribution in [2.75, 3.05) is 19.6 Å². The first-order valence-electron chi connectivity index (χ1n) is 5.90. The number of amides is 1. The molecule has 1 aromatic rings. The largest absolute Gasteiger partial charge is 0.481 e. The van der Waals surface area contributed by atoms with Crippen molar-refractivity contribution in [3.05, 3.63) is 35.9 Å². The first-order chi connectivity index (χ1) is 8.65. The Balaban J connectivity index is 2.55. The van der Waals surface area contributed by atoms with Crippen LogP contribution in [0, 0.1) is 0 Å². The van der Waals surface area contributed by atoms with E-state index in [1.807, 2.05) is 13.0 Å². The molecule has 3 N–H and O–H groups in total. The summed E-state index contributed by atoms with van der Waals surface area (Å²) in [6, 6.07) is 8.88. The van der Waals surface area contributed by atoms with Gasteiger partial charge in [-0.1, -0.05) is 37.3 Å². The molecule has 0 fully saturated rings. The molecular formula is C13H18N2O3.